The Balaban J connectivity index is 1.70. The minimum Gasteiger partial charge on any atom is -0.488 e. The zero-order valence-corrected chi connectivity index (χ0v) is 13.1. The fourth-order valence-electron chi connectivity index (χ4n) is 1.99. The molecule has 1 aliphatic heterocycles. The van der Waals surface area contributed by atoms with Gasteiger partial charge in [-0.25, -0.2) is 13.1 Å². The van der Waals surface area contributed by atoms with Gasteiger partial charge in [-0.1, -0.05) is 15.9 Å². The van der Waals surface area contributed by atoms with Gasteiger partial charge in [0.15, 0.2) is 0 Å². The molecule has 1 aliphatic rings. The maximum Gasteiger partial charge on any atom is 0.208 e. The molecule has 0 saturated carbocycles. The molecule has 2 N–H and O–H groups in total. The average Bonchev–Trinajstić information content (AvgIpc) is 2.68. The van der Waals surface area contributed by atoms with E-state index in [1.165, 1.54) is 5.56 Å². The SMILES string of the molecule is CS(=O)(=O)NCCNCC1Cc2cc(Br)ccc2O1. The highest BCUT2D eigenvalue weighted by atomic mass is 79.9. The molecular weight excluding hydrogens is 332 g/mol. The van der Waals surface area contributed by atoms with Crippen LogP contribution in [0.15, 0.2) is 22.7 Å². The van der Waals surface area contributed by atoms with Crippen molar-refractivity contribution in [1.82, 2.24) is 10.0 Å². The largest absolute Gasteiger partial charge is 0.488 e. The van der Waals surface area contributed by atoms with Crippen molar-refractivity contribution in [3.63, 3.8) is 0 Å². The Bertz CT molecular complexity index is 548. The molecule has 19 heavy (non-hydrogen) atoms. The zero-order chi connectivity index (χ0) is 13.9. The van der Waals surface area contributed by atoms with E-state index in [1.807, 2.05) is 12.1 Å². The minimum atomic E-state index is -3.10. The first-order valence-corrected chi connectivity index (χ1v) is 8.73. The quantitative estimate of drug-likeness (QED) is 0.749. The maximum atomic E-state index is 10.9. The van der Waals surface area contributed by atoms with E-state index in [0.29, 0.717) is 19.6 Å². The summed E-state index contributed by atoms with van der Waals surface area (Å²) < 4.78 is 31.0. The van der Waals surface area contributed by atoms with Gasteiger partial charge in [-0.3, -0.25) is 0 Å². The van der Waals surface area contributed by atoms with Crippen molar-refractivity contribution in [2.24, 2.45) is 0 Å². The van der Waals surface area contributed by atoms with Gasteiger partial charge >= 0.3 is 0 Å². The van der Waals surface area contributed by atoms with Crippen LogP contribution >= 0.6 is 15.9 Å². The summed E-state index contributed by atoms with van der Waals surface area (Å²) in [6.07, 6.45) is 2.14. The van der Waals surface area contributed by atoms with Crippen LogP contribution in [0.1, 0.15) is 5.56 Å². The Morgan fingerprint density at radius 1 is 1.42 bits per heavy atom. The highest BCUT2D eigenvalue weighted by Gasteiger charge is 2.22. The predicted octanol–water partition coefficient (Wildman–Crippen LogP) is 0.891. The van der Waals surface area contributed by atoms with E-state index in [0.717, 1.165) is 22.9 Å². The molecular formula is C12H17BrN2O3S. The normalized spacial score (nSPS) is 18.1. The van der Waals surface area contributed by atoms with E-state index in [4.69, 9.17) is 4.74 Å². The molecule has 7 heteroatoms. The third kappa shape index (κ3) is 4.76. The number of ether oxygens (including phenoxy) is 1. The summed E-state index contributed by atoms with van der Waals surface area (Å²) in [5.74, 6) is 0.935. The van der Waals surface area contributed by atoms with Crippen LogP contribution < -0.4 is 14.8 Å². The van der Waals surface area contributed by atoms with Crippen molar-refractivity contribution in [2.75, 3.05) is 25.9 Å². The summed E-state index contributed by atoms with van der Waals surface area (Å²) in [6, 6.07) is 6.00. The lowest BCUT2D eigenvalue weighted by Crippen LogP contribution is -2.36. The standard InChI is InChI=1S/C12H17BrN2O3S/c1-19(16,17)15-5-4-14-8-11-7-9-6-10(13)2-3-12(9)18-11/h2-3,6,11,14-15H,4-5,7-8H2,1H3. The number of fused-ring (bicyclic) bond motifs is 1. The topological polar surface area (TPSA) is 67.4 Å². The zero-order valence-electron chi connectivity index (χ0n) is 10.6. The lowest BCUT2D eigenvalue weighted by Gasteiger charge is -2.11. The van der Waals surface area contributed by atoms with Crippen molar-refractivity contribution in [3.05, 3.63) is 28.2 Å². The van der Waals surface area contributed by atoms with Crippen LogP contribution in [0, 0.1) is 0 Å². The third-order valence-corrected chi connectivity index (χ3v) is 4.02. The van der Waals surface area contributed by atoms with Gasteiger partial charge in [0.25, 0.3) is 0 Å². The van der Waals surface area contributed by atoms with Crippen LogP contribution in [0.2, 0.25) is 0 Å². The first-order valence-electron chi connectivity index (χ1n) is 6.04. The highest BCUT2D eigenvalue weighted by Crippen LogP contribution is 2.30. The number of halogens is 1. The van der Waals surface area contributed by atoms with Crippen LogP contribution in [0.4, 0.5) is 0 Å². The molecule has 1 aromatic rings. The number of nitrogens with one attached hydrogen (secondary N) is 2. The van der Waals surface area contributed by atoms with Crippen molar-refractivity contribution < 1.29 is 13.2 Å². The number of sulfonamides is 1. The molecule has 0 spiro atoms. The number of rotatable bonds is 6. The van der Waals surface area contributed by atoms with Gasteiger partial charge in [-0.05, 0) is 23.8 Å². The molecule has 1 atom stereocenters. The van der Waals surface area contributed by atoms with Crippen molar-refractivity contribution >= 4 is 26.0 Å². The number of hydrogen-bond acceptors (Lipinski definition) is 4. The van der Waals surface area contributed by atoms with Gasteiger partial charge in [0.2, 0.25) is 10.0 Å². The number of benzene rings is 1. The molecule has 1 heterocycles. The van der Waals surface area contributed by atoms with Gasteiger partial charge in [0.05, 0.1) is 6.26 Å². The van der Waals surface area contributed by atoms with E-state index in [-0.39, 0.29) is 6.10 Å². The molecule has 2 rings (SSSR count). The summed E-state index contributed by atoms with van der Waals surface area (Å²) in [6.45, 7) is 1.69. The molecule has 0 fully saturated rings. The molecule has 0 bridgehead atoms. The van der Waals surface area contributed by atoms with Crippen molar-refractivity contribution in [2.45, 2.75) is 12.5 Å². The minimum absolute atomic E-state index is 0.113. The summed E-state index contributed by atoms with van der Waals surface area (Å²) in [4.78, 5) is 0. The summed E-state index contributed by atoms with van der Waals surface area (Å²) >= 11 is 3.44. The second kappa shape index (κ2) is 6.21. The van der Waals surface area contributed by atoms with Gasteiger partial charge in [0, 0.05) is 30.5 Å². The molecule has 106 valence electrons. The van der Waals surface area contributed by atoms with Crippen molar-refractivity contribution in [3.8, 4) is 5.75 Å². The van der Waals surface area contributed by atoms with Crippen LogP contribution in [0.5, 0.6) is 5.75 Å². The van der Waals surface area contributed by atoms with Gasteiger partial charge in [-0.2, -0.15) is 0 Å². The fourth-order valence-corrected chi connectivity index (χ4v) is 2.87. The molecule has 1 aromatic carbocycles. The molecule has 0 amide bonds. The molecule has 0 aromatic heterocycles. The predicted molar refractivity (Wildman–Crippen MR) is 78.0 cm³/mol. The monoisotopic (exact) mass is 348 g/mol. The third-order valence-electron chi connectivity index (χ3n) is 2.80. The van der Waals surface area contributed by atoms with Crippen LogP contribution in [0.25, 0.3) is 0 Å². The van der Waals surface area contributed by atoms with E-state index in [9.17, 15) is 8.42 Å². The Kier molecular flexibility index (Phi) is 4.83. The van der Waals surface area contributed by atoms with Crippen LogP contribution in [-0.2, 0) is 16.4 Å². The first kappa shape index (κ1) is 14.8. The molecule has 1 unspecified atom stereocenters. The summed E-state index contributed by atoms with van der Waals surface area (Å²) in [7, 11) is -3.10. The van der Waals surface area contributed by atoms with Crippen molar-refractivity contribution in [1.29, 1.82) is 0 Å². The summed E-state index contributed by atoms with van der Waals surface area (Å²) in [5.41, 5.74) is 1.20. The Morgan fingerprint density at radius 3 is 2.95 bits per heavy atom. The van der Waals surface area contributed by atoms with E-state index >= 15 is 0 Å². The second-order valence-electron chi connectivity index (χ2n) is 4.57. The van der Waals surface area contributed by atoms with E-state index < -0.39 is 10.0 Å². The molecule has 5 nitrogen and oxygen atoms in total. The van der Waals surface area contributed by atoms with Gasteiger partial charge < -0.3 is 10.1 Å². The maximum absolute atomic E-state index is 10.9. The van der Waals surface area contributed by atoms with Gasteiger partial charge in [0.1, 0.15) is 11.9 Å². The smallest absolute Gasteiger partial charge is 0.208 e. The Labute approximate surface area is 121 Å². The highest BCUT2D eigenvalue weighted by molar-refractivity contribution is 9.10. The lowest BCUT2D eigenvalue weighted by atomic mass is 10.1. The molecule has 0 saturated heterocycles. The van der Waals surface area contributed by atoms with Gasteiger partial charge in [-0.15, -0.1) is 0 Å². The fraction of sp³-hybridized carbons (Fsp3) is 0.500. The summed E-state index contributed by atoms with van der Waals surface area (Å²) in [5, 5.41) is 3.19. The Hall–Kier alpha value is -0.630. The first-order chi connectivity index (χ1) is 8.94. The van der Waals surface area contributed by atoms with Crippen LogP contribution in [-0.4, -0.2) is 40.4 Å². The van der Waals surface area contributed by atoms with E-state index in [1.54, 1.807) is 0 Å². The average molecular weight is 349 g/mol. The van der Waals surface area contributed by atoms with Crippen LogP contribution in [0.3, 0.4) is 0 Å². The lowest BCUT2D eigenvalue weighted by molar-refractivity contribution is 0.228. The molecule has 0 radical (unpaired) electrons. The van der Waals surface area contributed by atoms with E-state index in [2.05, 4.69) is 32.0 Å². The second-order valence-corrected chi connectivity index (χ2v) is 7.32. The Morgan fingerprint density at radius 2 is 2.21 bits per heavy atom. The number of hydrogen-bond donors (Lipinski definition) is 2. The molecule has 0 aliphatic carbocycles.